The maximum Gasteiger partial charge on any atom is 0.0107 e. The molecule has 14 heavy (non-hydrogen) atoms. The molecule has 2 saturated carbocycles. The van der Waals surface area contributed by atoms with E-state index in [-0.39, 0.29) is 0 Å². The van der Waals surface area contributed by atoms with Gasteiger partial charge in [-0.15, -0.1) is 0 Å². The molecule has 0 aromatic rings. The number of rotatable bonds is 1. The van der Waals surface area contributed by atoms with Crippen molar-refractivity contribution >= 4 is 0 Å². The topological polar surface area (TPSA) is 29.3 Å². The molecule has 0 amide bonds. The van der Waals surface area contributed by atoms with E-state index in [0.717, 1.165) is 30.0 Å². The van der Waals surface area contributed by atoms with Gasteiger partial charge in [-0.25, -0.2) is 0 Å². The van der Waals surface area contributed by atoms with Crippen LogP contribution in [-0.4, -0.2) is 29.1 Å². The molecule has 0 radical (unpaired) electrons. The van der Waals surface area contributed by atoms with E-state index in [9.17, 15) is 0 Å². The fraction of sp³-hybridized carbons (Fsp3) is 1.00. The molecule has 2 nitrogen and oxygen atoms in total. The molecular formula is C12H22N2. The van der Waals surface area contributed by atoms with Gasteiger partial charge < -0.3 is 5.73 Å². The summed E-state index contributed by atoms with van der Waals surface area (Å²) in [5.41, 5.74) is 6.27. The van der Waals surface area contributed by atoms with Crippen LogP contribution < -0.4 is 5.73 Å². The molecule has 4 aliphatic rings. The molecule has 0 aromatic heterocycles. The zero-order valence-corrected chi connectivity index (χ0v) is 9.32. The van der Waals surface area contributed by atoms with Crippen LogP contribution in [0.5, 0.6) is 0 Å². The lowest BCUT2D eigenvalue weighted by Gasteiger charge is -2.60. The van der Waals surface area contributed by atoms with Crippen molar-refractivity contribution in [3.63, 3.8) is 0 Å². The first-order chi connectivity index (χ1) is 6.66. The van der Waals surface area contributed by atoms with Crippen LogP contribution in [0.1, 0.15) is 39.5 Å². The smallest absolute Gasteiger partial charge is 0.0107 e. The molecule has 0 atom stereocenters. The molecule has 2 aliphatic carbocycles. The average Bonchev–Trinajstić information content (AvgIpc) is 2.10. The van der Waals surface area contributed by atoms with Crippen molar-refractivity contribution in [3.8, 4) is 0 Å². The lowest BCUT2D eigenvalue weighted by atomic mass is 9.60. The van der Waals surface area contributed by atoms with Crippen molar-refractivity contribution < 1.29 is 0 Å². The first-order valence-electron chi connectivity index (χ1n) is 6.20. The predicted molar refractivity (Wildman–Crippen MR) is 58.0 cm³/mol. The minimum atomic E-state index is 0.539. The van der Waals surface area contributed by atoms with Gasteiger partial charge in [0.05, 0.1) is 0 Å². The molecule has 2 N–H and O–H groups in total. The zero-order valence-electron chi connectivity index (χ0n) is 9.32. The van der Waals surface area contributed by atoms with Gasteiger partial charge in [0.2, 0.25) is 0 Å². The van der Waals surface area contributed by atoms with Gasteiger partial charge in [-0.1, -0.05) is 0 Å². The average molecular weight is 194 g/mol. The molecule has 2 heterocycles. The third-order valence-corrected chi connectivity index (χ3v) is 4.83. The van der Waals surface area contributed by atoms with Crippen LogP contribution in [0.15, 0.2) is 0 Å². The van der Waals surface area contributed by atoms with E-state index in [0.29, 0.717) is 6.04 Å². The van der Waals surface area contributed by atoms with Crippen molar-refractivity contribution in [1.82, 2.24) is 4.90 Å². The van der Waals surface area contributed by atoms with Gasteiger partial charge in [-0.3, -0.25) is 4.90 Å². The number of nitrogens with zero attached hydrogens (tertiary/aromatic N) is 1. The summed E-state index contributed by atoms with van der Waals surface area (Å²) >= 11 is 0. The third-order valence-electron chi connectivity index (χ3n) is 4.83. The Balaban J connectivity index is 1.85. The summed E-state index contributed by atoms with van der Waals surface area (Å²) in [5.74, 6) is 1.71. The maximum atomic E-state index is 6.27. The predicted octanol–water partition coefficient (Wildman–Crippen LogP) is 1.59. The fourth-order valence-corrected chi connectivity index (χ4v) is 4.42. The summed E-state index contributed by atoms with van der Waals surface area (Å²) in [7, 11) is 0. The molecule has 0 spiro atoms. The van der Waals surface area contributed by atoms with Crippen molar-refractivity contribution in [3.05, 3.63) is 0 Å². The summed E-state index contributed by atoms with van der Waals surface area (Å²) in [6.07, 6.45) is 5.53. The van der Waals surface area contributed by atoms with E-state index in [4.69, 9.17) is 5.73 Å². The molecule has 4 fully saturated rings. The van der Waals surface area contributed by atoms with E-state index in [1.807, 2.05) is 0 Å². The van der Waals surface area contributed by atoms with Crippen LogP contribution in [0.2, 0.25) is 0 Å². The van der Waals surface area contributed by atoms with E-state index in [1.54, 1.807) is 0 Å². The fourth-order valence-electron chi connectivity index (χ4n) is 4.42. The number of hydrogen-bond acceptors (Lipinski definition) is 2. The second-order valence-corrected chi connectivity index (χ2v) is 5.89. The highest BCUT2D eigenvalue weighted by Crippen LogP contribution is 2.49. The molecule has 4 rings (SSSR count). The summed E-state index contributed by atoms with van der Waals surface area (Å²) in [6.45, 7) is 4.70. The van der Waals surface area contributed by atoms with Gasteiger partial charge in [-0.2, -0.15) is 0 Å². The molecule has 0 aromatic carbocycles. The monoisotopic (exact) mass is 194 g/mol. The van der Waals surface area contributed by atoms with Crippen molar-refractivity contribution in [2.75, 3.05) is 0 Å². The van der Waals surface area contributed by atoms with Crippen LogP contribution in [0.3, 0.4) is 0 Å². The normalized spacial score (nSPS) is 51.9. The Morgan fingerprint density at radius 1 is 1.00 bits per heavy atom. The van der Waals surface area contributed by atoms with E-state index in [2.05, 4.69) is 18.7 Å². The first kappa shape index (κ1) is 9.17. The van der Waals surface area contributed by atoms with Crippen LogP contribution in [0.25, 0.3) is 0 Å². The van der Waals surface area contributed by atoms with Gasteiger partial charge in [0.25, 0.3) is 0 Å². The van der Waals surface area contributed by atoms with Crippen molar-refractivity contribution in [2.24, 2.45) is 17.6 Å². The van der Waals surface area contributed by atoms with Crippen LogP contribution >= 0.6 is 0 Å². The molecule has 2 heteroatoms. The summed E-state index contributed by atoms with van der Waals surface area (Å²) in [6, 6.07) is 3.02. The molecular weight excluding hydrogens is 172 g/mol. The number of hydrogen-bond donors (Lipinski definition) is 1. The maximum absolute atomic E-state index is 6.27. The second kappa shape index (κ2) is 2.96. The highest BCUT2D eigenvalue weighted by atomic mass is 15.2. The van der Waals surface area contributed by atoms with Gasteiger partial charge in [0, 0.05) is 24.2 Å². The first-order valence-corrected chi connectivity index (χ1v) is 6.20. The molecule has 2 saturated heterocycles. The highest BCUT2D eigenvalue weighted by Gasteiger charge is 2.51. The zero-order chi connectivity index (χ0) is 9.87. The molecule has 4 bridgehead atoms. The summed E-state index contributed by atoms with van der Waals surface area (Å²) in [4.78, 5) is 2.78. The van der Waals surface area contributed by atoms with Gasteiger partial charge in [0.1, 0.15) is 0 Å². The van der Waals surface area contributed by atoms with Crippen LogP contribution in [0.4, 0.5) is 0 Å². The van der Waals surface area contributed by atoms with Crippen LogP contribution in [0, 0.1) is 11.8 Å². The SMILES string of the molecule is CC(C)N1C2CC3CC1CC(C2)C3N. The Hall–Kier alpha value is -0.0800. The van der Waals surface area contributed by atoms with E-state index < -0.39 is 0 Å². The van der Waals surface area contributed by atoms with Crippen molar-refractivity contribution in [1.29, 1.82) is 0 Å². The van der Waals surface area contributed by atoms with Gasteiger partial charge >= 0.3 is 0 Å². The summed E-state index contributed by atoms with van der Waals surface area (Å²) in [5, 5.41) is 0. The minimum Gasteiger partial charge on any atom is -0.327 e. The van der Waals surface area contributed by atoms with E-state index >= 15 is 0 Å². The largest absolute Gasteiger partial charge is 0.327 e. The summed E-state index contributed by atoms with van der Waals surface area (Å²) < 4.78 is 0. The lowest BCUT2D eigenvalue weighted by molar-refractivity contribution is -0.0854. The number of piperidine rings is 2. The molecule has 2 aliphatic heterocycles. The third kappa shape index (κ3) is 1.10. The second-order valence-electron chi connectivity index (χ2n) is 5.89. The Morgan fingerprint density at radius 2 is 1.43 bits per heavy atom. The Bertz CT molecular complexity index is 206. The Morgan fingerprint density at radius 3 is 1.79 bits per heavy atom. The standard InChI is InChI=1S/C12H22N2/c1-7(2)14-10-3-8-4-11(14)6-9(5-10)12(8)13/h7-12H,3-6,13H2,1-2H3. The molecule has 80 valence electrons. The number of nitrogens with two attached hydrogens (primary N) is 1. The van der Waals surface area contributed by atoms with Gasteiger partial charge in [-0.05, 0) is 51.4 Å². The lowest BCUT2D eigenvalue weighted by Crippen LogP contribution is -2.65. The highest BCUT2D eigenvalue weighted by molar-refractivity contribution is 5.06. The Labute approximate surface area is 86.8 Å². The van der Waals surface area contributed by atoms with Gasteiger partial charge in [0.15, 0.2) is 0 Å². The molecule has 0 unspecified atom stereocenters. The van der Waals surface area contributed by atoms with E-state index in [1.165, 1.54) is 25.7 Å². The quantitative estimate of drug-likeness (QED) is 0.687. The Kier molecular flexibility index (Phi) is 1.94. The minimum absolute atomic E-state index is 0.539. The van der Waals surface area contributed by atoms with Crippen LogP contribution in [-0.2, 0) is 0 Å². The van der Waals surface area contributed by atoms with Crippen molar-refractivity contribution in [2.45, 2.75) is 63.7 Å².